The molecule has 38 heavy (non-hydrogen) atoms. The maximum Gasteiger partial charge on any atom is 0.239 e. The smallest absolute Gasteiger partial charge is 0.239 e. The van der Waals surface area contributed by atoms with E-state index < -0.39 is 5.92 Å². The molecule has 1 saturated heterocycles. The molecular weight excluding hydrogens is 484 g/mol. The first-order chi connectivity index (χ1) is 18.4. The third-order valence-electron chi connectivity index (χ3n) is 6.23. The highest BCUT2D eigenvalue weighted by Crippen LogP contribution is 2.24. The lowest BCUT2D eigenvalue weighted by molar-refractivity contribution is -0.137. The summed E-state index contributed by atoms with van der Waals surface area (Å²) in [5.74, 6) is 0.134. The van der Waals surface area contributed by atoms with Crippen molar-refractivity contribution < 1.29 is 19.1 Å². The Morgan fingerprint density at radius 1 is 1.24 bits per heavy atom. The maximum absolute atomic E-state index is 13.2. The molecule has 4 rings (SSSR count). The van der Waals surface area contributed by atoms with Gasteiger partial charge in [-0.15, -0.1) is 0 Å². The minimum absolute atomic E-state index is 0.0275. The number of likely N-dealkylation sites (tertiary alicyclic amines) is 1. The third kappa shape index (κ3) is 7.20. The first-order valence-electron chi connectivity index (χ1n) is 12.5. The molecule has 1 unspecified atom stereocenters. The summed E-state index contributed by atoms with van der Waals surface area (Å²) in [5, 5.41) is 24.7. The number of aliphatic imine (C=N–C) groups is 2. The van der Waals surface area contributed by atoms with Crippen LogP contribution in [0, 0.1) is 24.3 Å². The minimum Gasteiger partial charge on any atom is -0.508 e. The summed E-state index contributed by atoms with van der Waals surface area (Å²) in [6.45, 7) is 2.76. The number of aromatic hydroxyl groups is 1. The van der Waals surface area contributed by atoms with Crippen molar-refractivity contribution >= 4 is 40.6 Å². The second-order valence-corrected chi connectivity index (χ2v) is 9.16. The van der Waals surface area contributed by atoms with Crippen LogP contribution in [0.3, 0.4) is 0 Å². The van der Waals surface area contributed by atoms with E-state index in [9.17, 15) is 14.7 Å². The SMILES string of the molecule is Cc1cc2cc(N=C(/N=C/C3CCCCN(CC(=O)NCCc4ccc(O)cc4)C3=O)NC#N)ccc2o1. The molecular formula is C28H30N6O4. The van der Waals surface area contributed by atoms with Gasteiger partial charge >= 0.3 is 0 Å². The molecule has 0 radical (unpaired) electrons. The van der Waals surface area contributed by atoms with Gasteiger partial charge in [0.1, 0.15) is 17.1 Å². The predicted molar refractivity (Wildman–Crippen MR) is 144 cm³/mol. The summed E-state index contributed by atoms with van der Waals surface area (Å²) in [6.07, 6.45) is 6.17. The number of nitriles is 1. The number of furan rings is 1. The third-order valence-corrected chi connectivity index (χ3v) is 6.23. The number of amides is 2. The average Bonchev–Trinajstić information content (AvgIpc) is 3.18. The fraction of sp³-hybridized carbons (Fsp3) is 0.321. The Morgan fingerprint density at radius 2 is 2.05 bits per heavy atom. The van der Waals surface area contributed by atoms with Crippen LogP contribution in [-0.4, -0.2) is 53.6 Å². The van der Waals surface area contributed by atoms with E-state index in [4.69, 9.17) is 9.68 Å². The number of fused-ring (bicyclic) bond motifs is 1. The highest BCUT2D eigenvalue weighted by molar-refractivity contribution is 6.00. The molecule has 1 atom stereocenters. The van der Waals surface area contributed by atoms with Gasteiger partial charge in [-0.3, -0.25) is 14.9 Å². The molecule has 2 heterocycles. The van der Waals surface area contributed by atoms with E-state index in [1.54, 1.807) is 41.3 Å². The number of carbonyl (C=O) groups is 2. The standard InChI is InChI=1S/C28H30N6O4/c1-19-14-22-15-23(7-10-25(22)38-19)33-28(32-18-29)31-16-21-4-2-3-13-34(27(21)37)17-26(36)30-12-11-20-5-8-24(35)9-6-20/h5-10,14-16,21,35H,2-4,11-13,17H2,1H3,(H,30,36)(H,32,33)/b31-16+. The van der Waals surface area contributed by atoms with E-state index in [2.05, 4.69) is 20.6 Å². The van der Waals surface area contributed by atoms with E-state index in [1.807, 2.05) is 25.2 Å². The summed E-state index contributed by atoms with van der Waals surface area (Å²) < 4.78 is 5.58. The van der Waals surface area contributed by atoms with Crippen LogP contribution in [0.4, 0.5) is 5.69 Å². The van der Waals surface area contributed by atoms with Gasteiger partial charge in [0.25, 0.3) is 0 Å². The zero-order valence-electron chi connectivity index (χ0n) is 21.2. The molecule has 0 bridgehead atoms. The van der Waals surface area contributed by atoms with Crippen LogP contribution in [0.5, 0.6) is 5.75 Å². The quantitative estimate of drug-likeness (QED) is 0.190. The summed E-state index contributed by atoms with van der Waals surface area (Å²) in [7, 11) is 0. The Morgan fingerprint density at radius 3 is 2.84 bits per heavy atom. The second-order valence-electron chi connectivity index (χ2n) is 9.16. The molecule has 1 fully saturated rings. The first kappa shape index (κ1) is 26.4. The van der Waals surface area contributed by atoms with Gasteiger partial charge in [0.2, 0.25) is 17.8 Å². The number of rotatable bonds is 7. The van der Waals surface area contributed by atoms with Crippen LogP contribution >= 0.6 is 0 Å². The van der Waals surface area contributed by atoms with E-state index >= 15 is 0 Å². The summed E-state index contributed by atoms with van der Waals surface area (Å²) >= 11 is 0. The fourth-order valence-electron chi connectivity index (χ4n) is 4.32. The van der Waals surface area contributed by atoms with Gasteiger partial charge in [0, 0.05) is 24.7 Å². The molecule has 0 spiro atoms. The molecule has 10 nitrogen and oxygen atoms in total. The highest BCUT2D eigenvalue weighted by Gasteiger charge is 2.27. The number of carbonyl (C=O) groups excluding carboxylic acids is 2. The molecule has 3 aromatic rings. The maximum atomic E-state index is 13.2. The average molecular weight is 515 g/mol. The molecule has 1 aliphatic heterocycles. The number of benzene rings is 2. The lowest BCUT2D eigenvalue weighted by Gasteiger charge is -2.22. The molecule has 0 saturated carbocycles. The van der Waals surface area contributed by atoms with Crippen LogP contribution < -0.4 is 10.6 Å². The second kappa shape index (κ2) is 12.5. The molecule has 2 amide bonds. The number of aryl methyl sites for hydroxylation is 1. The van der Waals surface area contributed by atoms with Crippen molar-refractivity contribution in [3.8, 4) is 11.9 Å². The van der Waals surface area contributed by atoms with Crippen molar-refractivity contribution in [2.24, 2.45) is 15.9 Å². The highest BCUT2D eigenvalue weighted by atomic mass is 16.3. The summed E-state index contributed by atoms with van der Waals surface area (Å²) in [4.78, 5) is 36.0. The predicted octanol–water partition coefficient (Wildman–Crippen LogP) is 3.56. The minimum atomic E-state index is -0.521. The number of nitrogens with zero attached hydrogens (tertiary/aromatic N) is 4. The molecule has 2 aromatic carbocycles. The summed E-state index contributed by atoms with van der Waals surface area (Å²) in [5.41, 5.74) is 2.33. The van der Waals surface area contributed by atoms with Gasteiger partial charge in [-0.25, -0.2) is 9.98 Å². The summed E-state index contributed by atoms with van der Waals surface area (Å²) in [6, 6.07) is 14.1. The number of phenols is 1. The Labute approximate surface area is 220 Å². The number of hydrogen-bond acceptors (Lipinski definition) is 6. The largest absolute Gasteiger partial charge is 0.508 e. The van der Waals surface area contributed by atoms with Gasteiger partial charge in [0.05, 0.1) is 18.2 Å². The van der Waals surface area contributed by atoms with Crippen molar-refractivity contribution in [2.75, 3.05) is 19.6 Å². The van der Waals surface area contributed by atoms with Crippen molar-refractivity contribution in [1.82, 2.24) is 15.5 Å². The lowest BCUT2D eigenvalue weighted by atomic mass is 10.0. The molecule has 1 aromatic heterocycles. The van der Waals surface area contributed by atoms with Gasteiger partial charge in [0.15, 0.2) is 6.19 Å². The van der Waals surface area contributed by atoms with Crippen LogP contribution in [0.2, 0.25) is 0 Å². The van der Waals surface area contributed by atoms with Crippen LogP contribution in [-0.2, 0) is 16.0 Å². The Kier molecular flexibility index (Phi) is 8.72. The number of phenolic OH excluding ortho intramolecular Hbond substituents is 1. The molecule has 1 aliphatic rings. The van der Waals surface area contributed by atoms with Crippen LogP contribution in [0.25, 0.3) is 11.0 Å². The molecule has 0 aliphatic carbocycles. The van der Waals surface area contributed by atoms with Crippen LogP contribution in [0.1, 0.15) is 30.6 Å². The number of nitrogens with one attached hydrogen (secondary N) is 2. The lowest BCUT2D eigenvalue weighted by Crippen LogP contribution is -2.43. The number of hydrogen-bond donors (Lipinski definition) is 3. The Balaban J connectivity index is 1.37. The normalized spacial score (nSPS) is 16.4. The zero-order valence-corrected chi connectivity index (χ0v) is 21.2. The van der Waals surface area contributed by atoms with E-state index in [0.29, 0.717) is 31.6 Å². The van der Waals surface area contributed by atoms with Gasteiger partial charge in [-0.05, 0) is 68.1 Å². The molecule has 10 heteroatoms. The van der Waals surface area contributed by atoms with E-state index in [1.165, 1.54) is 6.21 Å². The molecule has 3 N–H and O–H groups in total. The van der Waals surface area contributed by atoms with Gasteiger partial charge in [-0.1, -0.05) is 18.6 Å². The fourth-order valence-corrected chi connectivity index (χ4v) is 4.32. The number of guanidine groups is 1. The van der Waals surface area contributed by atoms with Crippen molar-refractivity contribution in [1.29, 1.82) is 5.26 Å². The Hall–Kier alpha value is -4.65. The van der Waals surface area contributed by atoms with Gasteiger partial charge < -0.3 is 19.7 Å². The topological polar surface area (TPSA) is 143 Å². The van der Waals surface area contributed by atoms with Crippen LogP contribution in [0.15, 0.2) is 62.9 Å². The van der Waals surface area contributed by atoms with Crippen molar-refractivity contribution in [3.05, 3.63) is 59.9 Å². The monoisotopic (exact) mass is 514 g/mol. The zero-order chi connectivity index (χ0) is 26.9. The van der Waals surface area contributed by atoms with Crippen molar-refractivity contribution in [2.45, 2.75) is 32.6 Å². The van der Waals surface area contributed by atoms with E-state index in [0.717, 1.165) is 35.1 Å². The van der Waals surface area contributed by atoms with Gasteiger partial charge in [-0.2, -0.15) is 5.26 Å². The van der Waals surface area contributed by atoms with Crippen molar-refractivity contribution in [3.63, 3.8) is 0 Å². The Bertz CT molecular complexity index is 1390. The molecule has 196 valence electrons. The van der Waals surface area contributed by atoms with E-state index in [-0.39, 0.29) is 30.1 Å². The first-order valence-corrected chi connectivity index (χ1v) is 12.5.